The summed E-state index contributed by atoms with van der Waals surface area (Å²) in [6.07, 6.45) is 3.09. The van der Waals surface area contributed by atoms with Crippen molar-refractivity contribution in [3.8, 4) is 0 Å². The zero-order valence-electron chi connectivity index (χ0n) is 25.3. The van der Waals surface area contributed by atoms with Crippen LogP contribution in [0, 0.1) is 5.92 Å². The lowest BCUT2D eigenvalue weighted by molar-refractivity contribution is -0.143. The Balaban J connectivity index is 1.54. The van der Waals surface area contributed by atoms with E-state index in [0.29, 0.717) is 19.4 Å². The minimum absolute atomic E-state index is 0.0954. The van der Waals surface area contributed by atoms with E-state index in [0.717, 1.165) is 30.5 Å². The Bertz CT molecular complexity index is 1300. The molecule has 2 heterocycles. The monoisotopic (exact) mass is 605 g/mol. The van der Waals surface area contributed by atoms with Gasteiger partial charge in [-0.2, -0.15) is 0 Å². The molecule has 5 N–H and O–H groups in total. The standard InChI is InChI=1S/C33H43N5O6/c1-21(2)28(33(43)44)37-30(40)26(20-23-13-7-4-8-14-23)35-29(39)25(19-22-11-5-3-6-12-22)36-31(41)27-16-10-18-38(27)32(42)24-15-9-17-34-24/h3-8,11-14,21,24-28,34H,9-10,15-20H2,1-2H3,(H,35,39)(H,36,41)(H,37,40)(H,43,44)/t24-,25-,26-,27-,28-/m0/s1. The van der Waals surface area contributed by atoms with Gasteiger partial charge in [0.15, 0.2) is 0 Å². The number of aliphatic carboxylic acids is 1. The Morgan fingerprint density at radius 2 is 1.39 bits per heavy atom. The third-order valence-corrected chi connectivity index (χ3v) is 8.26. The quantitative estimate of drug-likeness (QED) is 0.231. The van der Waals surface area contributed by atoms with Crippen molar-refractivity contribution in [1.82, 2.24) is 26.2 Å². The van der Waals surface area contributed by atoms with Gasteiger partial charge in [-0.15, -0.1) is 0 Å². The molecule has 0 spiro atoms. The van der Waals surface area contributed by atoms with Crippen molar-refractivity contribution in [2.24, 2.45) is 5.92 Å². The minimum Gasteiger partial charge on any atom is -0.480 e. The van der Waals surface area contributed by atoms with E-state index in [4.69, 9.17) is 0 Å². The number of carbonyl (C=O) groups is 5. The number of amides is 4. The van der Waals surface area contributed by atoms with Crippen LogP contribution < -0.4 is 21.3 Å². The maximum absolute atomic E-state index is 13.9. The van der Waals surface area contributed by atoms with Gasteiger partial charge in [-0.3, -0.25) is 19.2 Å². The van der Waals surface area contributed by atoms with Crippen LogP contribution in [0.4, 0.5) is 0 Å². The first-order valence-corrected chi connectivity index (χ1v) is 15.4. The predicted molar refractivity (Wildman–Crippen MR) is 164 cm³/mol. The van der Waals surface area contributed by atoms with Crippen LogP contribution in [0.2, 0.25) is 0 Å². The summed E-state index contributed by atoms with van der Waals surface area (Å²) in [6, 6.07) is 14.0. The number of benzene rings is 2. The Morgan fingerprint density at radius 3 is 1.91 bits per heavy atom. The molecule has 5 atom stereocenters. The molecule has 2 saturated heterocycles. The van der Waals surface area contributed by atoms with Gasteiger partial charge < -0.3 is 31.3 Å². The number of carboxylic acids is 1. The van der Waals surface area contributed by atoms with Crippen molar-refractivity contribution in [3.63, 3.8) is 0 Å². The molecule has 0 bridgehead atoms. The maximum atomic E-state index is 13.9. The second kappa shape index (κ2) is 15.5. The Kier molecular flexibility index (Phi) is 11.5. The maximum Gasteiger partial charge on any atom is 0.326 e. The highest BCUT2D eigenvalue weighted by Gasteiger charge is 2.39. The molecule has 4 amide bonds. The molecular weight excluding hydrogens is 562 g/mol. The first-order valence-electron chi connectivity index (χ1n) is 15.4. The fourth-order valence-corrected chi connectivity index (χ4v) is 5.82. The molecule has 0 aliphatic carbocycles. The summed E-state index contributed by atoms with van der Waals surface area (Å²) < 4.78 is 0. The topological polar surface area (TPSA) is 157 Å². The van der Waals surface area contributed by atoms with Crippen LogP contribution in [0.15, 0.2) is 60.7 Å². The van der Waals surface area contributed by atoms with E-state index >= 15 is 0 Å². The number of hydrogen-bond donors (Lipinski definition) is 5. The van der Waals surface area contributed by atoms with Gasteiger partial charge in [-0.1, -0.05) is 74.5 Å². The van der Waals surface area contributed by atoms with E-state index < -0.39 is 47.9 Å². The third kappa shape index (κ3) is 8.66. The summed E-state index contributed by atoms with van der Waals surface area (Å²) in [6.45, 7) is 4.62. The fraction of sp³-hybridized carbons (Fsp3) is 0.485. The third-order valence-electron chi connectivity index (χ3n) is 8.26. The summed E-state index contributed by atoms with van der Waals surface area (Å²) >= 11 is 0. The van der Waals surface area contributed by atoms with E-state index in [1.807, 2.05) is 60.7 Å². The largest absolute Gasteiger partial charge is 0.480 e. The molecule has 0 unspecified atom stereocenters. The molecule has 0 radical (unpaired) electrons. The number of nitrogens with one attached hydrogen (secondary N) is 4. The Morgan fingerprint density at radius 1 is 0.818 bits per heavy atom. The number of rotatable bonds is 13. The van der Waals surface area contributed by atoms with Gasteiger partial charge in [0.05, 0.1) is 6.04 Å². The molecule has 0 aromatic heterocycles. The highest BCUT2D eigenvalue weighted by molar-refractivity contribution is 5.96. The van der Waals surface area contributed by atoms with Crippen LogP contribution in [0.5, 0.6) is 0 Å². The summed E-state index contributed by atoms with van der Waals surface area (Å²) in [5.74, 6) is -3.28. The minimum atomic E-state index is -1.17. The number of likely N-dealkylation sites (tertiary alicyclic amines) is 1. The molecule has 11 nitrogen and oxygen atoms in total. The normalized spacial score (nSPS) is 20.0. The predicted octanol–water partition coefficient (Wildman–Crippen LogP) is 1.41. The first kappa shape index (κ1) is 32.7. The molecule has 2 fully saturated rings. The van der Waals surface area contributed by atoms with Crippen molar-refractivity contribution in [1.29, 1.82) is 0 Å². The molecule has 2 aliphatic heterocycles. The fourth-order valence-electron chi connectivity index (χ4n) is 5.82. The van der Waals surface area contributed by atoms with E-state index in [1.165, 1.54) is 0 Å². The molecule has 236 valence electrons. The van der Waals surface area contributed by atoms with Crippen LogP contribution in [-0.2, 0) is 36.8 Å². The summed E-state index contributed by atoms with van der Waals surface area (Å²) in [4.78, 5) is 67.5. The lowest BCUT2D eigenvalue weighted by Gasteiger charge is -2.29. The van der Waals surface area contributed by atoms with E-state index in [-0.39, 0.29) is 30.7 Å². The van der Waals surface area contributed by atoms with E-state index in [2.05, 4.69) is 21.3 Å². The zero-order chi connectivity index (χ0) is 31.6. The smallest absolute Gasteiger partial charge is 0.326 e. The lowest BCUT2D eigenvalue weighted by Crippen LogP contribution is -2.59. The lowest BCUT2D eigenvalue weighted by atomic mass is 10.0. The summed E-state index contributed by atoms with van der Waals surface area (Å²) in [5.41, 5.74) is 1.57. The molecule has 4 rings (SSSR count). The highest BCUT2D eigenvalue weighted by atomic mass is 16.4. The van der Waals surface area contributed by atoms with E-state index in [9.17, 15) is 29.1 Å². The van der Waals surface area contributed by atoms with Crippen LogP contribution in [0.25, 0.3) is 0 Å². The average molecular weight is 606 g/mol. The average Bonchev–Trinajstić information content (AvgIpc) is 3.73. The molecule has 44 heavy (non-hydrogen) atoms. The molecule has 2 aliphatic rings. The van der Waals surface area contributed by atoms with Gasteiger partial charge in [0, 0.05) is 19.4 Å². The number of hydrogen-bond acceptors (Lipinski definition) is 6. The molecular formula is C33H43N5O6. The summed E-state index contributed by atoms with van der Waals surface area (Å²) in [5, 5.41) is 21.1. The van der Waals surface area contributed by atoms with Crippen LogP contribution in [0.1, 0.15) is 50.7 Å². The van der Waals surface area contributed by atoms with Gasteiger partial charge in [-0.05, 0) is 49.3 Å². The Labute approximate surface area is 258 Å². The van der Waals surface area contributed by atoms with Gasteiger partial charge in [0.1, 0.15) is 24.2 Å². The molecule has 0 saturated carbocycles. The van der Waals surface area contributed by atoms with Crippen LogP contribution in [0.3, 0.4) is 0 Å². The summed E-state index contributed by atoms with van der Waals surface area (Å²) in [7, 11) is 0. The van der Waals surface area contributed by atoms with Gasteiger partial charge >= 0.3 is 5.97 Å². The van der Waals surface area contributed by atoms with Gasteiger partial charge in [0.2, 0.25) is 23.6 Å². The van der Waals surface area contributed by atoms with Gasteiger partial charge in [-0.25, -0.2) is 4.79 Å². The highest BCUT2D eigenvalue weighted by Crippen LogP contribution is 2.21. The van der Waals surface area contributed by atoms with Crippen molar-refractivity contribution in [2.45, 2.75) is 82.6 Å². The van der Waals surface area contributed by atoms with Crippen LogP contribution >= 0.6 is 0 Å². The van der Waals surface area contributed by atoms with Gasteiger partial charge in [0.25, 0.3) is 0 Å². The molecule has 2 aromatic rings. The first-order chi connectivity index (χ1) is 21.1. The SMILES string of the molecule is CC(C)[C@H](NC(=O)[C@H](Cc1ccccc1)NC(=O)[C@H](Cc1ccccc1)NC(=O)[C@@H]1CCCN1C(=O)[C@@H]1CCCN1)C(=O)O. The van der Waals surface area contributed by atoms with Crippen molar-refractivity contribution in [2.75, 3.05) is 13.1 Å². The second-order valence-electron chi connectivity index (χ2n) is 11.9. The van der Waals surface area contributed by atoms with Crippen LogP contribution in [-0.4, -0.2) is 82.9 Å². The van der Waals surface area contributed by atoms with Crippen molar-refractivity contribution < 1.29 is 29.1 Å². The zero-order valence-corrected chi connectivity index (χ0v) is 25.3. The number of carbonyl (C=O) groups excluding carboxylic acids is 4. The van der Waals surface area contributed by atoms with Crippen molar-refractivity contribution in [3.05, 3.63) is 71.8 Å². The van der Waals surface area contributed by atoms with E-state index in [1.54, 1.807) is 18.7 Å². The van der Waals surface area contributed by atoms with Crippen molar-refractivity contribution >= 4 is 29.6 Å². The molecule has 2 aromatic carbocycles. The number of nitrogens with zero attached hydrogens (tertiary/aromatic N) is 1. The molecule has 11 heteroatoms. The Hall–Kier alpha value is -4.25. The number of carboxylic acid groups (broad SMARTS) is 1. The second-order valence-corrected chi connectivity index (χ2v) is 11.9.